The summed E-state index contributed by atoms with van der Waals surface area (Å²) in [6, 6.07) is 18.5. The number of benzene rings is 3. The van der Waals surface area contributed by atoms with Crippen molar-refractivity contribution in [2.75, 3.05) is 18.4 Å². The van der Waals surface area contributed by atoms with E-state index in [1.807, 2.05) is 35.2 Å². The zero-order valence-electron chi connectivity index (χ0n) is 20.4. The van der Waals surface area contributed by atoms with Gasteiger partial charge in [0.25, 0.3) is 0 Å². The number of rotatable bonds is 5. The van der Waals surface area contributed by atoms with Crippen LogP contribution >= 0.6 is 11.6 Å². The molecule has 6 rings (SSSR count). The topological polar surface area (TPSA) is 83.8 Å². The third kappa shape index (κ3) is 4.34. The van der Waals surface area contributed by atoms with E-state index < -0.39 is 23.7 Å². The number of aliphatic hydroxyl groups excluding tert-OH is 1. The molecule has 1 atom stereocenters. The largest absolute Gasteiger partial charge is 0.438 e. The van der Waals surface area contributed by atoms with Gasteiger partial charge in [-0.15, -0.1) is 0 Å². The lowest BCUT2D eigenvalue weighted by Gasteiger charge is -2.45. The van der Waals surface area contributed by atoms with Crippen LogP contribution in [0.2, 0.25) is 5.02 Å². The number of aromatic nitrogens is 1. The monoisotopic (exact) mass is 533 g/mol. The number of para-hydroxylation sites is 1. The summed E-state index contributed by atoms with van der Waals surface area (Å²) < 4.78 is 21.2. The number of piperidine rings is 1. The Balaban J connectivity index is 1.27. The molecule has 0 saturated carbocycles. The number of Topliss-reactive ketones (excluding diaryl/α,β-unsaturated/α-hetero) is 1. The number of amides is 1. The van der Waals surface area contributed by atoms with Crippen LogP contribution in [0.3, 0.4) is 0 Å². The number of ether oxygens (including phenoxy) is 1. The number of hydrogen-bond acceptors (Lipinski definition) is 5. The Morgan fingerprint density at radius 2 is 1.89 bits per heavy atom. The van der Waals surface area contributed by atoms with E-state index in [0.29, 0.717) is 42.0 Å². The Bertz CT molecular complexity index is 1560. The van der Waals surface area contributed by atoms with Gasteiger partial charge in [0.2, 0.25) is 0 Å². The van der Waals surface area contributed by atoms with Gasteiger partial charge in [0.05, 0.1) is 17.7 Å². The average Bonchev–Trinajstić information content (AvgIpc) is 3.26. The number of fused-ring (bicyclic) bond motifs is 3. The molecule has 1 aromatic heterocycles. The van der Waals surface area contributed by atoms with Gasteiger partial charge in [0.1, 0.15) is 17.6 Å². The van der Waals surface area contributed by atoms with Crippen LogP contribution in [0.4, 0.5) is 14.9 Å². The van der Waals surface area contributed by atoms with E-state index in [1.54, 1.807) is 29.0 Å². The molecule has 3 heterocycles. The molecule has 4 aromatic rings. The Kier molecular flexibility index (Phi) is 6.18. The molecular formula is C29H25ClFN3O4. The maximum atomic E-state index is 13.7. The molecule has 194 valence electrons. The summed E-state index contributed by atoms with van der Waals surface area (Å²) in [5.41, 5.74) is 2.56. The molecule has 7 nitrogen and oxygen atoms in total. The molecule has 1 spiro atoms. The van der Waals surface area contributed by atoms with E-state index in [2.05, 4.69) is 5.32 Å². The van der Waals surface area contributed by atoms with E-state index in [0.717, 1.165) is 16.6 Å². The van der Waals surface area contributed by atoms with E-state index in [4.69, 9.17) is 16.3 Å². The number of ketones is 1. The molecule has 38 heavy (non-hydrogen) atoms. The highest BCUT2D eigenvalue weighted by Crippen LogP contribution is 2.44. The molecule has 1 unspecified atom stereocenters. The Morgan fingerprint density at radius 3 is 2.68 bits per heavy atom. The molecular weight excluding hydrogens is 509 g/mol. The number of carbonyl (C=O) groups excluding carboxylic acids is 2. The van der Waals surface area contributed by atoms with Crippen molar-refractivity contribution in [3.8, 4) is 0 Å². The molecule has 1 fully saturated rings. The normalized spacial score (nSPS) is 17.6. The fourth-order valence-corrected chi connectivity index (χ4v) is 5.76. The minimum Gasteiger partial charge on any atom is -0.438 e. The zero-order valence-corrected chi connectivity index (χ0v) is 21.1. The second-order valence-electron chi connectivity index (χ2n) is 9.77. The minimum absolute atomic E-state index is 0.0319. The molecule has 0 aliphatic carbocycles. The van der Waals surface area contributed by atoms with Crippen molar-refractivity contribution >= 4 is 40.1 Å². The van der Waals surface area contributed by atoms with Gasteiger partial charge in [0, 0.05) is 59.2 Å². The van der Waals surface area contributed by atoms with Crippen molar-refractivity contribution in [2.45, 2.75) is 31.2 Å². The van der Waals surface area contributed by atoms with Crippen molar-refractivity contribution in [2.24, 2.45) is 0 Å². The lowest BCUT2D eigenvalue weighted by atomic mass is 9.82. The number of nitrogens with zero attached hydrogens (tertiary/aromatic N) is 2. The fourth-order valence-electron chi connectivity index (χ4n) is 5.59. The highest BCUT2D eigenvalue weighted by atomic mass is 35.5. The van der Waals surface area contributed by atoms with Crippen molar-refractivity contribution in [1.29, 1.82) is 0 Å². The number of aliphatic hydroxyl groups is 1. The van der Waals surface area contributed by atoms with Crippen LogP contribution in [0.1, 0.15) is 40.6 Å². The molecule has 0 bridgehead atoms. The molecule has 9 heteroatoms. The van der Waals surface area contributed by atoms with E-state index in [9.17, 15) is 19.1 Å². The Hall–Kier alpha value is -3.72. The molecule has 2 aliphatic rings. The maximum absolute atomic E-state index is 13.7. The first-order chi connectivity index (χ1) is 18.3. The van der Waals surface area contributed by atoms with Gasteiger partial charge in [-0.05, 0) is 30.3 Å². The van der Waals surface area contributed by atoms with Crippen LogP contribution in [-0.2, 0) is 16.9 Å². The second-order valence-corrected chi connectivity index (χ2v) is 10.2. The third-order valence-corrected chi connectivity index (χ3v) is 7.74. The number of hydrogen-bond donors (Lipinski definition) is 2. The van der Waals surface area contributed by atoms with Crippen LogP contribution in [0, 0.1) is 5.82 Å². The standard InChI is InChI=1S/C29H25ClFN3O4/c30-19-8-9-21-22(16-34(25(21)15-19)17-26(35)18-4-3-5-20(31)14-18)27(36)33-12-10-29(11-13-33)23-6-1-2-7-24(23)32-28(37)38-29/h1-9,14-16,27,36H,10-13,17H2,(H,32,37). The first kappa shape index (κ1) is 24.6. The average molecular weight is 534 g/mol. The highest BCUT2D eigenvalue weighted by molar-refractivity contribution is 6.31. The quantitative estimate of drug-likeness (QED) is 0.314. The van der Waals surface area contributed by atoms with Gasteiger partial charge in [-0.2, -0.15) is 0 Å². The number of nitrogens with one attached hydrogen (secondary N) is 1. The zero-order chi connectivity index (χ0) is 26.4. The van der Waals surface area contributed by atoms with Gasteiger partial charge < -0.3 is 14.4 Å². The molecule has 3 aromatic carbocycles. The van der Waals surface area contributed by atoms with Crippen molar-refractivity contribution < 1.29 is 23.8 Å². The lowest BCUT2D eigenvalue weighted by molar-refractivity contribution is -0.0821. The molecule has 2 aliphatic heterocycles. The molecule has 1 amide bonds. The number of halogens is 2. The van der Waals surface area contributed by atoms with Gasteiger partial charge >= 0.3 is 6.09 Å². The van der Waals surface area contributed by atoms with Crippen LogP contribution in [0.5, 0.6) is 0 Å². The van der Waals surface area contributed by atoms with Gasteiger partial charge in [-0.1, -0.05) is 48.0 Å². The number of carbonyl (C=O) groups is 2. The summed E-state index contributed by atoms with van der Waals surface area (Å²) in [4.78, 5) is 27.1. The Morgan fingerprint density at radius 1 is 1.11 bits per heavy atom. The number of anilines is 1. The predicted molar refractivity (Wildman–Crippen MR) is 142 cm³/mol. The summed E-state index contributed by atoms with van der Waals surface area (Å²) in [5.74, 6) is -0.731. The first-order valence-electron chi connectivity index (χ1n) is 12.4. The summed E-state index contributed by atoms with van der Waals surface area (Å²) >= 11 is 6.27. The summed E-state index contributed by atoms with van der Waals surface area (Å²) in [6.07, 6.45) is 1.39. The van der Waals surface area contributed by atoms with Crippen LogP contribution in [0.25, 0.3) is 10.9 Å². The smallest absolute Gasteiger partial charge is 0.412 e. The first-order valence-corrected chi connectivity index (χ1v) is 12.8. The van der Waals surface area contributed by atoms with Crippen LogP contribution in [0.15, 0.2) is 72.9 Å². The third-order valence-electron chi connectivity index (χ3n) is 7.51. The van der Waals surface area contributed by atoms with Gasteiger partial charge in [0.15, 0.2) is 5.78 Å². The van der Waals surface area contributed by atoms with Gasteiger partial charge in [-0.3, -0.25) is 15.0 Å². The number of likely N-dealkylation sites (tertiary alicyclic amines) is 1. The van der Waals surface area contributed by atoms with Crippen molar-refractivity contribution in [3.63, 3.8) is 0 Å². The van der Waals surface area contributed by atoms with E-state index >= 15 is 0 Å². The van der Waals surface area contributed by atoms with Gasteiger partial charge in [-0.25, -0.2) is 9.18 Å². The SMILES string of the molecule is O=C1Nc2ccccc2C2(CCN(C(O)c3cn(CC(=O)c4cccc(F)c4)c4cc(Cl)ccc34)CC2)O1. The maximum Gasteiger partial charge on any atom is 0.412 e. The molecule has 2 N–H and O–H groups in total. The highest BCUT2D eigenvalue weighted by Gasteiger charge is 2.45. The van der Waals surface area contributed by atoms with Crippen LogP contribution < -0.4 is 5.32 Å². The summed E-state index contributed by atoms with van der Waals surface area (Å²) in [5, 5.41) is 15.5. The van der Waals surface area contributed by atoms with E-state index in [1.165, 1.54) is 18.2 Å². The van der Waals surface area contributed by atoms with E-state index in [-0.39, 0.29) is 17.9 Å². The van der Waals surface area contributed by atoms with Crippen LogP contribution in [-0.4, -0.2) is 39.5 Å². The molecule has 1 saturated heterocycles. The lowest BCUT2D eigenvalue weighted by Crippen LogP contribution is -2.49. The minimum atomic E-state index is -0.950. The van der Waals surface area contributed by atoms with Crippen molar-refractivity contribution in [3.05, 3.63) is 100 Å². The fraction of sp³-hybridized carbons (Fsp3) is 0.241. The summed E-state index contributed by atoms with van der Waals surface area (Å²) in [6.45, 7) is 0.951. The summed E-state index contributed by atoms with van der Waals surface area (Å²) in [7, 11) is 0. The van der Waals surface area contributed by atoms with Crippen molar-refractivity contribution in [1.82, 2.24) is 9.47 Å². The molecule has 0 radical (unpaired) electrons. The predicted octanol–water partition coefficient (Wildman–Crippen LogP) is 5.86. The second kappa shape index (κ2) is 9.54. The Labute approximate surface area is 223 Å².